The van der Waals surface area contributed by atoms with E-state index in [-0.39, 0.29) is 19.8 Å². The predicted molar refractivity (Wildman–Crippen MR) is 136 cm³/mol. The molecule has 6 nitrogen and oxygen atoms in total. The Kier molecular flexibility index (Phi) is 19.6. The van der Waals surface area contributed by atoms with Crippen LogP contribution in [0.5, 0.6) is 0 Å². The topological polar surface area (TPSA) is 82.1 Å². The number of alkyl halides is 2. The molecule has 0 aliphatic carbocycles. The van der Waals surface area contributed by atoms with Crippen LogP contribution in [0.1, 0.15) is 117 Å². The molecule has 0 aromatic heterocycles. The highest BCUT2D eigenvalue weighted by Crippen LogP contribution is 2.80. The van der Waals surface area contributed by atoms with Gasteiger partial charge in [0.05, 0.1) is 19.8 Å². The molecule has 0 bridgehead atoms. The number of unbranched alkanes of at least 4 members (excludes halogenated alkanes) is 12. The van der Waals surface area contributed by atoms with Crippen molar-refractivity contribution in [3.8, 4) is 0 Å². The van der Waals surface area contributed by atoms with Gasteiger partial charge in [0.15, 0.2) is 0 Å². The van der Waals surface area contributed by atoms with Crippen molar-refractivity contribution in [2.75, 3.05) is 19.8 Å². The predicted octanol–water partition coefficient (Wildman–Crippen LogP) is 9.41. The first-order valence-electron chi connectivity index (χ1n) is 12.4. The summed E-state index contributed by atoms with van der Waals surface area (Å²) in [7, 11) is -9.02. The fraction of sp³-hybridized carbons (Fsp3) is 1.00. The van der Waals surface area contributed by atoms with E-state index in [9.17, 15) is 14.0 Å². The zero-order valence-electron chi connectivity index (χ0n) is 20.4. The van der Waals surface area contributed by atoms with Gasteiger partial charge in [-0.05, 0) is 19.3 Å². The Balaban J connectivity index is 4.97. The molecule has 1 unspecified atom stereocenters. The quantitative estimate of drug-likeness (QED) is 0.0791. The standard InChI is InChI=1S/C22H46Cl2O6P2/c1-4-7-10-13-16-19-28-31(25,26)22(23,24)32(27,29-20-17-14-11-8-5-2)30-21-18-15-12-9-6-3/h4-21H2,1-3H3,(H,25,26). The van der Waals surface area contributed by atoms with E-state index in [0.717, 1.165) is 77.0 Å². The maximum Gasteiger partial charge on any atom is 0.379 e. The van der Waals surface area contributed by atoms with Crippen molar-refractivity contribution in [2.24, 2.45) is 0 Å². The van der Waals surface area contributed by atoms with Crippen molar-refractivity contribution in [1.82, 2.24) is 0 Å². The third-order valence-corrected chi connectivity index (χ3v) is 12.1. The first-order chi connectivity index (χ1) is 15.2. The van der Waals surface area contributed by atoms with Crippen LogP contribution in [0.2, 0.25) is 0 Å². The van der Waals surface area contributed by atoms with Crippen LogP contribution in [-0.4, -0.2) is 28.5 Å². The lowest BCUT2D eigenvalue weighted by atomic mass is 10.2. The molecule has 0 radical (unpaired) electrons. The summed E-state index contributed by atoms with van der Waals surface area (Å²) in [5.41, 5.74) is 0. The molecular formula is C22H46Cl2O6P2. The monoisotopic (exact) mass is 538 g/mol. The molecule has 1 N–H and O–H groups in total. The van der Waals surface area contributed by atoms with Crippen LogP contribution in [0.15, 0.2) is 0 Å². The molecule has 0 fully saturated rings. The summed E-state index contributed by atoms with van der Waals surface area (Å²) in [6.45, 7) is 6.55. The Labute approximate surface area is 206 Å². The van der Waals surface area contributed by atoms with E-state index in [1.54, 1.807) is 0 Å². The van der Waals surface area contributed by atoms with E-state index in [1.807, 2.05) is 0 Å². The molecule has 1 atom stereocenters. The van der Waals surface area contributed by atoms with E-state index < -0.39 is 19.0 Å². The maximum absolute atomic E-state index is 13.5. The molecule has 194 valence electrons. The third-order valence-electron chi connectivity index (χ3n) is 5.20. The van der Waals surface area contributed by atoms with E-state index in [1.165, 1.54) is 0 Å². The summed E-state index contributed by atoms with van der Waals surface area (Å²) in [4.78, 5) is 10.5. The van der Waals surface area contributed by atoms with Gasteiger partial charge >= 0.3 is 19.0 Å². The molecule has 32 heavy (non-hydrogen) atoms. The minimum atomic E-state index is -4.69. The first kappa shape index (κ1) is 32.9. The zero-order valence-corrected chi connectivity index (χ0v) is 23.7. The second kappa shape index (κ2) is 19.1. The average molecular weight is 539 g/mol. The Hall–Kier alpha value is 0.880. The fourth-order valence-corrected chi connectivity index (χ4v) is 7.39. The van der Waals surface area contributed by atoms with Crippen LogP contribution >= 0.6 is 38.4 Å². The summed E-state index contributed by atoms with van der Waals surface area (Å²) >= 11 is 12.5. The van der Waals surface area contributed by atoms with Gasteiger partial charge in [-0.15, -0.1) is 0 Å². The highest BCUT2D eigenvalue weighted by molar-refractivity contribution is 7.79. The molecule has 10 heteroatoms. The first-order valence-corrected chi connectivity index (χ1v) is 16.3. The minimum absolute atomic E-state index is 0.00666. The van der Waals surface area contributed by atoms with E-state index >= 15 is 0 Å². The van der Waals surface area contributed by atoms with Crippen molar-refractivity contribution in [3.05, 3.63) is 0 Å². The molecule has 0 aliphatic rings. The third kappa shape index (κ3) is 13.1. The van der Waals surface area contributed by atoms with Gasteiger partial charge in [-0.3, -0.25) is 9.13 Å². The van der Waals surface area contributed by atoms with Gasteiger partial charge in [0.2, 0.25) is 0 Å². The Morgan fingerprint density at radius 2 is 0.906 bits per heavy atom. The smallest absolute Gasteiger partial charge is 0.322 e. The Bertz CT molecular complexity index is 529. The number of rotatable bonds is 23. The molecule has 0 amide bonds. The van der Waals surface area contributed by atoms with Crippen molar-refractivity contribution in [1.29, 1.82) is 0 Å². The normalized spacial score (nSPS) is 14.6. The molecule has 0 spiro atoms. The highest BCUT2D eigenvalue weighted by atomic mass is 35.5. The highest BCUT2D eigenvalue weighted by Gasteiger charge is 2.63. The lowest BCUT2D eigenvalue weighted by molar-refractivity contribution is 0.191. The summed E-state index contributed by atoms with van der Waals surface area (Å²) in [6, 6.07) is 0. The molecule has 0 saturated carbocycles. The molecule has 0 aromatic rings. The number of hydrogen-bond donors (Lipinski definition) is 1. The van der Waals surface area contributed by atoms with Gasteiger partial charge in [0.1, 0.15) is 0 Å². The van der Waals surface area contributed by atoms with Crippen LogP contribution in [0, 0.1) is 0 Å². The molecule has 0 rings (SSSR count). The van der Waals surface area contributed by atoms with Crippen molar-refractivity contribution in [3.63, 3.8) is 0 Å². The van der Waals surface area contributed by atoms with Gasteiger partial charge < -0.3 is 18.5 Å². The summed E-state index contributed by atoms with van der Waals surface area (Å²) in [5, 5.41) is 0. The number of halogens is 2. The van der Waals surface area contributed by atoms with Crippen molar-refractivity contribution < 1.29 is 27.6 Å². The molecule has 0 heterocycles. The SMILES string of the molecule is CCCCCCCOP(=O)(O)C(Cl)(Cl)P(=O)(OCCCCCCC)OCCCCCCC. The second-order valence-corrected chi connectivity index (χ2v) is 15.2. The van der Waals surface area contributed by atoms with E-state index in [4.69, 9.17) is 36.8 Å². The largest absolute Gasteiger partial charge is 0.379 e. The average Bonchev–Trinajstić information content (AvgIpc) is 2.75. The van der Waals surface area contributed by atoms with Gasteiger partial charge in [0.25, 0.3) is 0 Å². The van der Waals surface area contributed by atoms with Crippen LogP contribution in [0.25, 0.3) is 0 Å². The maximum atomic E-state index is 13.5. The van der Waals surface area contributed by atoms with Crippen LogP contribution in [-0.2, 0) is 22.7 Å². The van der Waals surface area contributed by atoms with E-state index in [2.05, 4.69) is 20.8 Å². The van der Waals surface area contributed by atoms with Gasteiger partial charge in [-0.25, -0.2) is 0 Å². The van der Waals surface area contributed by atoms with Crippen LogP contribution in [0.4, 0.5) is 0 Å². The molecule has 0 aliphatic heterocycles. The summed E-state index contributed by atoms with van der Waals surface area (Å²) < 4.78 is 39.9. The Morgan fingerprint density at radius 3 is 1.25 bits per heavy atom. The fourth-order valence-electron chi connectivity index (χ4n) is 3.10. The second-order valence-electron chi connectivity index (χ2n) is 8.27. The lowest BCUT2D eigenvalue weighted by Gasteiger charge is -2.31. The van der Waals surface area contributed by atoms with Crippen LogP contribution in [0.3, 0.4) is 0 Å². The van der Waals surface area contributed by atoms with Gasteiger partial charge in [-0.1, -0.05) is 121 Å². The summed E-state index contributed by atoms with van der Waals surface area (Å²) in [6.07, 6.45) is 14.3. The van der Waals surface area contributed by atoms with Crippen LogP contribution < -0.4 is 0 Å². The molecule has 0 aromatic carbocycles. The molecular weight excluding hydrogens is 493 g/mol. The summed E-state index contributed by atoms with van der Waals surface area (Å²) in [5.74, 6) is 0. The van der Waals surface area contributed by atoms with E-state index in [0.29, 0.717) is 19.3 Å². The van der Waals surface area contributed by atoms with Crippen molar-refractivity contribution in [2.45, 2.75) is 121 Å². The minimum Gasteiger partial charge on any atom is -0.322 e. The van der Waals surface area contributed by atoms with Crippen molar-refractivity contribution >= 4 is 38.4 Å². The lowest BCUT2D eigenvalue weighted by Crippen LogP contribution is -2.21. The Morgan fingerprint density at radius 1 is 0.594 bits per heavy atom. The molecule has 0 saturated heterocycles. The number of hydrogen-bond acceptors (Lipinski definition) is 5. The zero-order chi connectivity index (χ0) is 24.3. The van der Waals surface area contributed by atoms with Gasteiger partial charge in [-0.2, -0.15) is 0 Å². The van der Waals surface area contributed by atoms with Gasteiger partial charge in [0, 0.05) is 0 Å².